The van der Waals surface area contributed by atoms with Crippen molar-refractivity contribution in [2.45, 2.75) is 18.4 Å². The summed E-state index contributed by atoms with van der Waals surface area (Å²) in [6.45, 7) is 1.76. The van der Waals surface area contributed by atoms with Crippen LogP contribution in [0.4, 0.5) is 4.39 Å². The van der Waals surface area contributed by atoms with E-state index in [-0.39, 0.29) is 16.5 Å². The van der Waals surface area contributed by atoms with Crippen LogP contribution in [0.3, 0.4) is 0 Å². The molecule has 108 valence electrons. The second-order valence-corrected chi connectivity index (χ2v) is 6.72. The van der Waals surface area contributed by atoms with Crippen molar-refractivity contribution in [3.8, 4) is 0 Å². The lowest BCUT2D eigenvalue weighted by molar-refractivity contribution is 0.378. The van der Waals surface area contributed by atoms with Crippen LogP contribution in [0.2, 0.25) is 5.02 Å². The number of halogens is 2. The Bertz CT molecular complexity index is 730. The number of hydrogen-bond acceptors (Lipinski definition) is 4. The third kappa shape index (κ3) is 3.00. The summed E-state index contributed by atoms with van der Waals surface area (Å²) in [5.74, 6) is -0.0731. The standard InChI is InChI=1S/C12H12ClFN2O3S/c1-8-5-9(15-19-8)7-16(2)20(17,18)10-3-4-12(14)11(13)6-10/h3-6H,7H2,1-2H3. The van der Waals surface area contributed by atoms with Crippen LogP contribution in [0.15, 0.2) is 33.7 Å². The minimum absolute atomic E-state index is 0.0503. The van der Waals surface area contributed by atoms with Crippen LogP contribution in [0.5, 0.6) is 0 Å². The average Bonchev–Trinajstić information content (AvgIpc) is 2.78. The first-order valence-electron chi connectivity index (χ1n) is 5.64. The fourth-order valence-electron chi connectivity index (χ4n) is 1.62. The molecule has 0 fully saturated rings. The molecule has 0 atom stereocenters. The van der Waals surface area contributed by atoms with E-state index >= 15 is 0 Å². The minimum Gasteiger partial charge on any atom is -0.361 e. The molecule has 5 nitrogen and oxygen atoms in total. The SMILES string of the molecule is Cc1cc(CN(C)S(=O)(=O)c2ccc(F)c(Cl)c2)no1. The van der Waals surface area contributed by atoms with E-state index in [1.807, 2.05) is 0 Å². The number of rotatable bonds is 4. The van der Waals surface area contributed by atoms with Crippen LogP contribution in [0.1, 0.15) is 11.5 Å². The molecule has 0 spiro atoms. The lowest BCUT2D eigenvalue weighted by atomic mass is 10.3. The molecular weight excluding hydrogens is 307 g/mol. The predicted molar refractivity (Wildman–Crippen MR) is 71.3 cm³/mol. The Morgan fingerprint density at radius 1 is 1.40 bits per heavy atom. The molecule has 20 heavy (non-hydrogen) atoms. The van der Waals surface area contributed by atoms with E-state index in [2.05, 4.69) is 5.16 Å². The summed E-state index contributed by atoms with van der Waals surface area (Å²) in [5, 5.41) is 3.49. The lowest BCUT2D eigenvalue weighted by Crippen LogP contribution is -2.26. The zero-order valence-corrected chi connectivity index (χ0v) is 12.4. The summed E-state index contributed by atoms with van der Waals surface area (Å²) in [4.78, 5) is -0.0772. The van der Waals surface area contributed by atoms with Gasteiger partial charge < -0.3 is 4.52 Å². The van der Waals surface area contributed by atoms with Crippen molar-refractivity contribution >= 4 is 21.6 Å². The lowest BCUT2D eigenvalue weighted by Gasteiger charge is -2.15. The highest BCUT2D eigenvalue weighted by atomic mass is 35.5. The molecule has 0 N–H and O–H groups in total. The first-order valence-corrected chi connectivity index (χ1v) is 7.46. The van der Waals surface area contributed by atoms with Gasteiger partial charge in [0.25, 0.3) is 0 Å². The number of benzene rings is 1. The van der Waals surface area contributed by atoms with Gasteiger partial charge in [-0.3, -0.25) is 0 Å². The van der Waals surface area contributed by atoms with E-state index in [0.29, 0.717) is 11.5 Å². The van der Waals surface area contributed by atoms with Crippen molar-refractivity contribution in [3.63, 3.8) is 0 Å². The Morgan fingerprint density at radius 2 is 2.10 bits per heavy atom. The normalized spacial score (nSPS) is 12.1. The molecule has 2 rings (SSSR count). The van der Waals surface area contributed by atoms with Crippen LogP contribution in [-0.2, 0) is 16.6 Å². The van der Waals surface area contributed by atoms with Gasteiger partial charge in [-0.15, -0.1) is 0 Å². The maximum atomic E-state index is 13.1. The van der Waals surface area contributed by atoms with Gasteiger partial charge in [-0.05, 0) is 25.1 Å². The molecule has 0 saturated carbocycles. The van der Waals surface area contributed by atoms with E-state index in [1.54, 1.807) is 13.0 Å². The molecule has 8 heteroatoms. The molecule has 0 saturated heterocycles. The molecule has 0 aliphatic rings. The Morgan fingerprint density at radius 3 is 2.65 bits per heavy atom. The smallest absolute Gasteiger partial charge is 0.243 e. The highest BCUT2D eigenvalue weighted by molar-refractivity contribution is 7.89. The fraction of sp³-hybridized carbons (Fsp3) is 0.250. The molecule has 1 heterocycles. The molecular formula is C12H12ClFN2O3S. The molecule has 1 aromatic carbocycles. The van der Waals surface area contributed by atoms with Gasteiger partial charge in [-0.1, -0.05) is 16.8 Å². The summed E-state index contributed by atoms with van der Waals surface area (Å²) in [6, 6.07) is 4.91. The van der Waals surface area contributed by atoms with Gasteiger partial charge in [0, 0.05) is 13.1 Å². The Hall–Kier alpha value is -1.44. The van der Waals surface area contributed by atoms with Crippen molar-refractivity contribution in [3.05, 3.63) is 46.6 Å². The van der Waals surface area contributed by atoms with E-state index in [4.69, 9.17) is 16.1 Å². The van der Waals surface area contributed by atoms with E-state index in [9.17, 15) is 12.8 Å². The number of aryl methyl sites for hydroxylation is 1. The second kappa shape index (κ2) is 5.51. The highest BCUT2D eigenvalue weighted by Gasteiger charge is 2.23. The largest absolute Gasteiger partial charge is 0.361 e. The molecule has 0 amide bonds. The maximum Gasteiger partial charge on any atom is 0.243 e. The Balaban J connectivity index is 2.27. The summed E-state index contributed by atoms with van der Waals surface area (Å²) in [5.41, 5.74) is 0.488. The van der Waals surface area contributed by atoms with Gasteiger partial charge in [-0.2, -0.15) is 4.31 Å². The number of nitrogens with zero attached hydrogens (tertiary/aromatic N) is 2. The molecule has 1 aromatic heterocycles. The minimum atomic E-state index is -3.77. The summed E-state index contributed by atoms with van der Waals surface area (Å²) < 4.78 is 43.6. The maximum absolute atomic E-state index is 13.1. The van der Waals surface area contributed by atoms with Gasteiger partial charge in [0.15, 0.2) is 0 Å². The molecule has 0 aliphatic heterocycles. The zero-order chi connectivity index (χ0) is 14.9. The van der Waals surface area contributed by atoms with Crippen molar-refractivity contribution in [2.75, 3.05) is 7.05 Å². The van der Waals surface area contributed by atoms with Crippen LogP contribution in [-0.4, -0.2) is 24.9 Å². The quantitative estimate of drug-likeness (QED) is 0.869. The summed E-state index contributed by atoms with van der Waals surface area (Å²) in [6.07, 6.45) is 0. The van der Waals surface area contributed by atoms with Crippen molar-refractivity contribution in [2.24, 2.45) is 0 Å². The third-order valence-corrected chi connectivity index (χ3v) is 4.75. The third-order valence-electron chi connectivity index (χ3n) is 2.66. The molecule has 0 bridgehead atoms. The second-order valence-electron chi connectivity index (χ2n) is 4.27. The Labute approximate surface area is 121 Å². The fourth-order valence-corrected chi connectivity index (χ4v) is 3.04. The first-order chi connectivity index (χ1) is 9.30. The molecule has 0 aliphatic carbocycles. The zero-order valence-electron chi connectivity index (χ0n) is 10.8. The molecule has 0 unspecified atom stereocenters. The first kappa shape index (κ1) is 15.0. The van der Waals surface area contributed by atoms with Gasteiger partial charge in [0.1, 0.15) is 11.6 Å². The molecule has 0 radical (unpaired) electrons. The monoisotopic (exact) mass is 318 g/mol. The van der Waals surface area contributed by atoms with Crippen LogP contribution < -0.4 is 0 Å². The van der Waals surface area contributed by atoms with Crippen LogP contribution in [0, 0.1) is 12.7 Å². The topological polar surface area (TPSA) is 63.4 Å². The highest BCUT2D eigenvalue weighted by Crippen LogP contribution is 2.22. The van der Waals surface area contributed by atoms with Gasteiger partial charge in [-0.25, -0.2) is 12.8 Å². The van der Waals surface area contributed by atoms with Crippen molar-refractivity contribution in [1.82, 2.24) is 9.46 Å². The number of aromatic nitrogens is 1. The Kier molecular flexibility index (Phi) is 4.12. The van der Waals surface area contributed by atoms with E-state index in [1.165, 1.54) is 13.1 Å². The van der Waals surface area contributed by atoms with E-state index in [0.717, 1.165) is 16.4 Å². The van der Waals surface area contributed by atoms with Crippen molar-refractivity contribution in [1.29, 1.82) is 0 Å². The molecule has 2 aromatic rings. The van der Waals surface area contributed by atoms with Crippen molar-refractivity contribution < 1.29 is 17.3 Å². The number of hydrogen-bond donors (Lipinski definition) is 0. The summed E-state index contributed by atoms with van der Waals surface area (Å²) >= 11 is 5.60. The number of sulfonamides is 1. The van der Waals surface area contributed by atoms with Crippen LogP contribution in [0.25, 0.3) is 0 Å². The predicted octanol–water partition coefficient (Wildman–Crippen LogP) is 2.60. The summed E-state index contributed by atoms with van der Waals surface area (Å²) in [7, 11) is -2.37. The van der Waals surface area contributed by atoms with Gasteiger partial charge in [0.2, 0.25) is 10.0 Å². The van der Waals surface area contributed by atoms with Gasteiger partial charge in [0.05, 0.1) is 22.2 Å². The average molecular weight is 319 g/mol. The van der Waals surface area contributed by atoms with Gasteiger partial charge >= 0.3 is 0 Å². The van der Waals surface area contributed by atoms with E-state index < -0.39 is 15.8 Å². The van der Waals surface area contributed by atoms with Crippen LogP contribution >= 0.6 is 11.6 Å².